The Morgan fingerprint density at radius 1 is 1.22 bits per heavy atom. The molecule has 1 aliphatic heterocycles. The van der Waals surface area contributed by atoms with Crippen molar-refractivity contribution < 1.29 is 0 Å². The molecule has 4 unspecified atom stereocenters. The first-order valence-corrected chi connectivity index (χ1v) is 7.73. The van der Waals surface area contributed by atoms with Crippen molar-refractivity contribution in [2.75, 3.05) is 19.6 Å². The number of nitrogens with one attached hydrogen (secondary N) is 1. The van der Waals surface area contributed by atoms with Crippen molar-refractivity contribution in [1.82, 2.24) is 10.2 Å². The van der Waals surface area contributed by atoms with Crippen LogP contribution in [0.15, 0.2) is 0 Å². The van der Waals surface area contributed by atoms with Crippen molar-refractivity contribution in [3.8, 4) is 0 Å². The summed E-state index contributed by atoms with van der Waals surface area (Å²) >= 11 is 0. The molecule has 4 atom stereocenters. The number of nitrogens with zero attached hydrogens (tertiary/aromatic N) is 1. The zero-order valence-electron chi connectivity index (χ0n) is 13.6. The van der Waals surface area contributed by atoms with Crippen LogP contribution in [0, 0.1) is 17.3 Å². The molecule has 0 aromatic rings. The molecule has 0 aromatic carbocycles. The molecule has 0 aliphatic carbocycles. The predicted octanol–water partition coefficient (Wildman–Crippen LogP) is 3.38. The summed E-state index contributed by atoms with van der Waals surface area (Å²) in [4.78, 5) is 2.71. The van der Waals surface area contributed by atoms with Crippen LogP contribution in [0.2, 0.25) is 0 Å². The van der Waals surface area contributed by atoms with E-state index in [0.717, 1.165) is 24.4 Å². The van der Waals surface area contributed by atoms with Crippen molar-refractivity contribution in [3.05, 3.63) is 0 Å². The van der Waals surface area contributed by atoms with E-state index in [1.807, 2.05) is 0 Å². The van der Waals surface area contributed by atoms with Gasteiger partial charge in [-0.15, -0.1) is 0 Å². The predicted molar refractivity (Wildman–Crippen MR) is 80.9 cm³/mol. The van der Waals surface area contributed by atoms with E-state index in [2.05, 4.69) is 58.7 Å². The smallest absolute Gasteiger partial charge is 0.0243 e. The number of likely N-dealkylation sites (tertiary alicyclic amines) is 1. The molecule has 0 spiro atoms. The molecule has 1 heterocycles. The molecule has 1 aliphatic rings. The average Bonchev–Trinajstić information content (AvgIpc) is 2.23. The molecule has 0 radical (unpaired) electrons. The lowest BCUT2D eigenvalue weighted by Gasteiger charge is -2.45. The third kappa shape index (κ3) is 4.24. The first kappa shape index (κ1) is 16.0. The molecule has 18 heavy (non-hydrogen) atoms. The second kappa shape index (κ2) is 6.38. The summed E-state index contributed by atoms with van der Waals surface area (Å²) in [7, 11) is 0. The molecular weight excluding hydrogens is 220 g/mol. The van der Waals surface area contributed by atoms with Crippen LogP contribution >= 0.6 is 0 Å². The van der Waals surface area contributed by atoms with E-state index in [1.54, 1.807) is 0 Å². The van der Waals surface area contributed by atoms with Crippen LogP contribution in [-0.4, -0.2) is 36.6 Å². The molecule has 2 nitrogen and oxygen atoms in total. The van der Waals surface area contributed by atoms with Crippen LogP contribution in [-0.2, 0) is 0 Å². The standard InChI is InChI=1S/C16H34N2/c1-8-17-15(16(5,6)7)11-18-10-12(2)9-13(3)14(18)4/h12-15,17H,8-11H2,1-7H3. The van der Waals surface area contributed by atoms with Crippen molar-refractivity contribution in [2.45, 2.75) is 67.0 Å². The maximum atomic E-state index is 3.68. The maximum Gasteiger partial charge on any atom is 0.0243 e. The molecule has 0 bridgehead atoms. The summed E-state index contributed by atoms with van der Waals surface area (Å²) in [6.07, 6.45) is 1.39. The SMILES string of the molecule is CCNC(CN1CC(C)CC(C)C1C)C(C)(C)C. The highest BCUT2D eigenvalue weighted by atomic mass is 15.2. The number of likely N-dealkylation sites (N-methyl/N-ethyl adjacent to an activating group) is 1. The molecule has 1 rings (SSSR count). The highest BCUT2D eigenvalue weighted by Crippen LogP contribution is 2.29. The van der Waals surface area contributed by atoms with E-state index in [-0.39, 0.29) is 0 Å². The maximum absolute atomic E-state index is 3.68. The van der Waals surface area contributed by atoms with Gasteiger partial charge in [0.1, 0.15) is 0 Å². The third-order valence-corrected chi connectivity index (χ3v) is 4.63. The van der Waals surface area contributed by atoms with Crippen molar-refractivity contribution in [1.29, 1.82) is 0 Å². The summed E-state index contributed by atoms with van der Waals surface area (Å²) in [5, 5.41) is 3.68. The van der Waals surface area contributed by atoms with E-state index in [4.69, 9.17) is 0 Å². The van der Waals surface area contributed by atoms with Crippen LogP contribution in [0.3, 0.4) is 0 Å². The van der Waals surface area contributed by atoms with Crippen LogP contribution in [0.4, 0.5) is 0 Å². The van der Waals surface area contributed by atoms with E-state index in [9.17, 15) is 0 Å². The molecule has 0 saturated carbocycles. The minimum absolute atomic E-state index is 0.333. The quantitative estimate of drug-likeness (QED) is 0.827. The Morgan fingerprint density at radius 3 is 2.33 bits per heavy atom. The third-order valence-electron chi connectivity index (χ3n) is 4.63. The summed E-state index contributed by atoms with van der Waals surface area (Å²) in [5.74, 6) is 1.68. The Bertz CT molecular complexity index is 244. The Balaban J connectivity index is 2.67. The summed E-state index contributed by atoms with van der Waals surface area (Å²) in [6, 6.07) is 1.31. The van der Waals surface area contributed by atoms with Gasteiger partial charge in [-0.3, -0.25) is 4.90 Å². The largest absolute Gasteiger partial charge is 0.312 e. The lowest BCUT2D eigenvalue weighted by molar-refractivity contribution is 0.0546. The lowest BCUT2D eigenvalue weighted by Crippen LogP contribution is -2.54. The molecule has 1 saturated heterocycles. The fraction of sp³-hybridized carbons (Fsp3) is 1.00. The second-order valence-electron chi connectivity index (χ2n) is 7.49. The highest BCUT2D eigenvalue weighted by molar-refractivity contribution is 4.88. The number of hydrogen-bond acceptors (Lipinski definition) is 2. The minimum Gasteiger partial charge on any atom is -0.312 e. The second-order valence-corrected chi connectivity index (χ2v) is 7.49. The highest BCUT2D eigenvalue weighted by Gasteiger charge is 2.33. The molecule has 1 fully saturated rings. The van der Waals surface area contributed by atoms with Crippen LogP contribution in [0.5, 0.6) is 0 Å². The molecule has 0 amide bonds. The molecule has 0 aromatic heterocycles. The van der Waals surface area contributed by atoms with Gasteiger partial charge in [0.05, 0.1) is 0 Å². The zero-order chi connectivity index (χ0) is 13.9. The first-order valence-electron chi connectivity index (χ1n) is 7.73. The van der Waals surface area contributed by atoms with Gasteiger partial charge in [0.15, 0.2) is 0 Å². The fourth-order valence-electron chi connectivity index (χ4n) is 3.20. The Hall–Kier alpha value is -0.0800. The van der Waals surface area contributed by atoms with E-state index < -0.39 is 0 Å². The topological polar surface area (TPSA) is 15.3 Å². The van der Waals surface area contributed by atoms with Gasteiger partial charge in [0.25, 0.3) is 0 Å². The Morgan fingerprint density at radius 2 is 1.83 bits per heavy atom. The van der Waals surface area contributed by atoms with Gasteiger partial charge < -0.3 is 5.32 Å². The van der Waals surface area contributed by atoms with Gasteiger partial charge in [-0.2, -0.15) is 0 Å². The van der Waals surface area contributed by atoms with Gasteiger partial charge in [-0.1, -0.05) is 41.5 Å². The van der Waals surface area contributed by atoms with Gasteiger partial charge in [-0.25, -0.2) is 0 Å². The van der Waals surface area contributed by atoms with Gasteiger partial charge >= 0.3 is 0 Å². The average molecular weight is 254 g/mol. The molecule has 108 valence electrons. The van der Waals surface area contributed by atoms with E-state index in [0.29, 0.717) is 11.5 Å². The van der Waals surface area contributed by atoms with E-state index in [1.165, 1.54) is 19.5 Å². The molecule has 1 N–H and O–H groups in total. The summed E-state index contributed by atoms with van der Waals surface area (Å²) < 4.78 is 0. The monoisotopic (exact) mass is 254 g/mol. The summed E-state index contributed by atoms with van der Waals surface area (Å²) in [5.41, 5.74) is 0.333. The number of hydrogen-bond donors (Lipinski definition) is 1. The van der Waals surface area contributed by atoms with Gasteiger partial charge in [0, 0.05) is 25.2 Å². The van der Waals surface area contributed by atoms with Crippen LogP contribution < -0.4 is 5.32 Å². The van der Waals surface area contributed by atoms with Crippen molar-refractivity contribution in [2.24, 2.45) is 17.3 Å². The lowest BCUT2D eigenvalue weighted by atomic mass is 9.82. The minimum atomic E-state index is 0.333. The molecule has 2 heteroatoms. The Labute approximate surface area is 115 Å². The first-order chi connectivity index (χ1) is 8.25. The van der Waals surface area contributed by atoms with Gasteiger partial charge in [-0.05, 0) is 37.1 Å². The van der Waals surface area contributed by atoms with Gasteiger partial charge in [0.2, 0.25) is 0 Å². The summed E-state index contributed by atoms with van der Waals surface area (Å²) in [6.45, 7) is 20.0. The Kier molecular flexibility index (Phi) is 5.67. The van der Waals surface area contributed by atoms with Crippen LogP contribution in [0.1, 0.15) is 54.9 Å². The number of piperidine rings is 1. The molecular formula is C16H34N2. The van der Waals surface area contributed by atoms with Crippen LogP contribution in [0.25, 0.3) is 0 Å². The van der Waals surface area contributed by atoms with Crippen molar-refractivity contribution in [3.63, 3.8) is 0 Å². The van der Waals surface area contributed by atoms with E-state index >= 15 is 0 Å². The fourth-order valence-corrected chi connectivity index (χ4v) is 3.20. The normalized spacial score (nSPS) is 32.5. The zero-order valence-corrected chi connectivity index (χ0v) is 13.6. The van der Waals surface area contributed by atoms with Crippen molar-refractivity contribution >= 4 is 0 Å². The number of rotatable bonds is 4.